The van der Waals surface area contributed by atoms with E-state index in [1.807, 2.05) is 0 Å². The standard InChI is InChI=1S/C76H126O6/c1-4-7-10-13-16-19-22-24-26-28-30-32-34-36-38-40-42-44-46-48-50-52-54-57-60-63-66-69-75(78)81-72-73(71-80-74(77)68-65-62-59-56-21-18-15-12-9-6-3)82-76(79)70-67-64-61-58-55-53-51-49-47-45-43-41-39-37-35-33-31-29-27-25-23-20-17-14-11-8-5-2/h7,10,16,19,23-26,29-32,35-38,42,44,48,50,54,57,73H,4-6,8-9,11-15,17-18,20-22,27-28,33-34,39-41,43,45-47,49,51-53,55-56,58-72H2,1-3H3/b10-7-,19-16-,25-23-,26-24-,31-29-,32-30-,37-35-,38-36-,44-42-,50-48-,57-54-. The van der Waals surface area contributed by atoms with Crippen LogP contribution in [0.1, 0.15) is 310 Å². The molecule has 0 amide bonds. The van der Waals surface area contributed by atoms with Gasteiger partial charge in [0.2, 0.25) is 0 Å². The van der Waals surface area contributed by atoms with Gasteiger partial charge in [-0.2, -0.15) is 0 Å². The molecule has 0 aliphatic carbocycles. The summed E-state index contributed by atoms with van der Waals surface area (Å²) in [6.45, 7) is 6.48. The Bertz CT molecular complexity index is 1730. The van der Waals surface area contributed by atoms with Gasteiger partial charge in [-0.05, 0) is 122 Å². The van der Waals surface area contributed by atoms with Crippen molar-refractivity contribution in [2.45, 2.75) is 316 Å². The lowest BCUT2D eigenvalue weighted by Crippen LogP contribution is -2.30. The Kier molecular flexibility index (Phi) is 65.3. The molecule has 0 aromatic rings. The Hall–Kier alpha value is -4.45. The molecule has 0 fully saturated rings. The number of unbranched alkanes of at least 4 members (excludes halogenated alkanes) is 28. The first kappa shape index (κ1) is 77.5. The maximum Gasteiger partial charge on any atom is 0.306 e. The molecule has 0 saturated heterocycles. The van der Waals surface area contributed by atoms with Gasteiger partial charge in [-0.1, -0.05) is 302 Å². The molecule has 0 bridgehead atoms. The second kappa shape index (κ2) is 69.0. The number of hydrogen-bond acceptors (Lipinski definition) is 6. The Labute approximate surface area is 506 Å². The zero-order chi connectivity index (χ0) is 59.2. The number of hydrogen-bond donors (Lipinski definition) is 0. The highest BCUT2D eigenvalue weighted by atomic mass is 16.6. The van der Waals surface area contributed by atoms with Gasteiger partial charge in [-0.25, -0.2) is 0 Å². The van der Waals surface area contributed by atoms with Crippen molar-refractivity contribution >= 4 is 17.9 Å². The smallest absolute Gasteiger partial charge is 0.306 e. The van der Waals surface area contributed by atoms with Gasteiger partial charge >= 0.3 is 17.9 Å². The van der Waals surface area contributed by atoms with Crippen molar-refractivity contribution in [2.75, 3.05) is 13.2 Å². The molecule has 0 heterocycles. The summed E-state index contributed by atoms with van der Waals surface area (Å²) in [5, 5.41) is 0. The Morgan fingerprint density at radius 2 is 0.476 bits per heavy atom. The van der Waals surface area contributed by atoms with Crippen LogP contribution in [0.3, 0.4) is 0 Å². The van der Waals surface area contributed by atoms with Gasteiger partial charge in [0.1, 0.15) is 13.2 Å². The maximum atomic E-state index is 12.9. The summed E-state index contributed by atoms with van der Waals surface area (Å²) in [6, 6.07) is 0. The first-order chi connectivity index (χ1) is 40.5. The highest BCUT2D eigenvalue weighted by molar-refractivity contribution is 5.71. The minimum atomic E-state index is -0.801. The van der Waals surface area contributed by atoms with E-state index < -0.39 is 6.10 Å². The maximum absolute atomic E-state index is 12.9. The van der Waals surface area contributed by atoms with E-state index in [2.05, 4.69) is 154 Å². The second-order valence-electron chi connectivity index (χ2n) is 22.4. The van der Waals surface area contributed by atoms with E-state index in [1.165, 1.54) is 148 Å². The second-order valence-corrected chi connectivity index (χ2v) is 22.4. The predicted octanol–water partition coefficient (Wildman–Crippen LogP) is 23.7. The fraction of sp³-hybridized carbons (Fsp3) is 0.671. The van der Waals surface area contributed by atoms with Crippen LogP contribution in [-0.4, -0.2) is 37.2 Å². The molecular weight excluding hydrogens is 1010 g/mol. The van der Waals surface area contributed by atoms with Crippen molar-refractivity contribution in [3.05, 3.63) is 134 Å². The van der Waals surface area contributed by atoms with E-state index in [9.17, 15) is 14.4 Å². The molecule has 0 rings (SSSR count). The Morgan fingerprint density at radius 3 is 0.768 bits per heavy atom. The lowest BCUT2D eigenvalue weighted by Gasteiger charge is -2.18. The third kappa shape index (κ3) is 66.4. The summed E-state index contributed by atoms with van der Waals surface area (Å²) < 4.78 is 16.9. The number of esters is 3. The molecule has 1 atom stereocenters. The van der Waals surface area contributed by atoms with Gasteiger partial charge in [0.25, 0.3) is 0 Å². The molecule has 0 N–H and O–H groups in total. The predicted molar refractivity (Wildman–Crippen MR) is 357 cm³/mol. The molecule has 1 unspecified atom stereocenters. The molecule has 82 heavy (non-hydrogen) atoms. The molecular formula is C76H126O6. The van der Waals surface area contributed by atoms with Crippen LogP contribution in [0, 0.1) is 0 Å². The molecule has 6 heteroatoms. The van der Waals surface area contributed by atoms with Crippen LogP contribution >= 0.6 is 0 Å². The van der Waals surface area contributed by atoms with Gasteiger partial charge in [-0.15, -0.1) is 0 Å². The fourth-order valence-corrected chi connectivity index (χ4v) is 9.29. The third-order valence-corrected chi connectivity index (χ3v) is 14.4. The molecule has 0 spiro atoms. The molecule has 0 saturated carbocycles. The normalized spacial score (nSPS) is 13.0. The Morgan fingerprint density at radius 1 is 0.256 bits per heavy atom. The molecule has 0 radical (unpaired) electrons. The van der Waals surface area contributed by atoms with Gasteiger partial charge in [-0.3, -0.25) is 14.4 Å². The summed E-state index contributed by atoms with van der Waals surface area (Å²) in [4.78, 5) is 38.3. The summed E-state index contributed by atoms with van der Waals surface area (Å²) in [6.07, 6.45) is 97.6. The van der Waals surface area contributed by atoms with Crippen molar-refractivity contribution in [2.24, 2.45) is 0 Å². The summed E-state index contributed by atoms with van der Waals surface area (Å²) >= 11 is 0. The lowest BCUT2D eigenvalue weighted by atomic mass is 10.0. The number of carbonyl (C=O) groups is 3. The van der Waals surface area contributed by atoms with Crippen LogP contribution in [0.25, 0.3) is 0 Å². The summed E-state index contributed by atoms with van der Waals surface area (Å²) in [7, 11) is 0. The van der Waals surface area contributed by atoms with Crippen molar-refractivity contribution < 1.29 is 28.6 Å². The van der Waals surface area contributed by atoms with E-state index >= 15 is 0 Å². The number of rotatable bonds is 61. The van der Waals surface area contributed by atoms with Crippen molar-refractivity contribution in [3.63, 3.8) is 0 Å². The van der Waals surface area contributed by atoms with Gasteiger partial charge in [0.05, 0.1) is 0 Å². The van der Waals surface area contributed by atoms with Crippen molar-refractivity contribution in [1.29, 1.82) is 0 Å². The monoisotopic (exact) mass is 1130 g/mol. The van der Waals surface area contributed by atoms with E-state index in [1.54, 1.807) is 0 Å². The first-order valence-electron chi connectivity index (χ1n) is 34.2. The fourth-order valence-electron chi connectivity index (χ4n) is 9.29. The van der Waals surface area contributed by atoms with E-state index in [4.69, 9.17) is 14.2 Å². The topological polar surface area (TPSA) is 78.9 Å². The van der Waals surface area contributed by atoms with Crippen LogP contribution in [0.2, 0.25) is 0 Å². The summed E-state index contributed by atoms with van der Waals surface area (Å²) in [5.74, 6) is -0.938. The van der Waals surface area contributed by atoms with Gasteiger partial charge in [0.15, 0.2) is 6.10 Å². The van der Waals surface area contributed by atoms with Crippen LogP contribution in [0.5, 0.6) is 0 Å². The van der Waals surface area contributed by atoms with Crippen LogP contribution in [0.4, 0.5) is 0 Å². The summed E-state index contributed by atoms with van der Waals surface area (Å²) in [5.41, 5.74) is 0. The van der Waals surface area contributed by atoms with Crippen LogP contribution < -0.4 is 0 Å². The van der Waals surface area contributed by atoms with Gasteiger partial charge in [0, 0.05) is 19.3 Å². The molecule has 0 aromatic carbocycles. The third-order valence-electron chi connectivity index (χ3n) is 14.4. The van der Waals surface area contributed by atoms with Gasteiger partial charge < -0.3 is 14.2 Å². The zero-order valence-electron chi connectivity index (χ0n) is 53.5. The van der Waals surface area contributed by atoms with Crippen LogP contribution in [-0.2, 0) is 28.6 Å². The number of allylic oxidation sites excluding steroid dienone is 22. The number of carbonyl (C=O) groups excluding carboxylic acids is 3. The SMILES string of the molecule is CC/C=C\C/C=C\C/C=C\C/C=C\C/C=C\C/C=C\C/C=C\C/C=C\CCCCC(=O)OCC(COC(=O)CCCCCCCCCCCC)OC(=O)CCCCCCCCCCCCCC/C=C\C/C=C\C/C=C\CCCCCCC. The molecule has 0 aliphatic rings. The largest absolute Gasteiger partial charge is 0.462 e. The van der Waals surface area contributed by atoms with Crippen molar-refractivity contribution in [1.82, 2.24) is 0 Å². The van der Waals surface area contributed by atoms with E-state index in [0.29, 0.717) is 19.3 Å². The minimum absolute atomic E-state index is 0.0937. The zero-order valence-corrected chi connectivity index (χ0v) is 53.5. The van der Waals surface area contributed by atoms with E-state index in [-0.39, 0.29) is 31.1 Å². The Balaban J connectivity index is 4.33. The van der Waals surface area contributed by atoms with Crippen LogP contribution in [0.15, 0.2) is 134 Å². The molecule has 0 aromatic heterocycles. The lowest BCUT2D eigenvalue weighted by molar-refractivity contribution is -0.167. The minimum Gasteiger partial charge on any atom is -0.462 e. The number of ether oxygens (including phenoxy) is 3. The quantitative estimate of drug-likeness (QED) is 0.0261. The molecule has 6 nitrogen and oxygen atoms in total. The highest BCUT2D eigenvalue weighted by Gasteiger charge is 2.19. The average molecular weight is 1140 g/mol. The molecule has 466 valence electrons. The van der Waals surface area contributed by atoms with Crippen molar-refractivity contribution in [3.8, 4) is 0 Å². The van der Waals surface area contributed by atoms with E-state index in [0.717, 1.165) is 122 Å². The first-order valence-corrected chi connectivity index (χ1v) is 34.2. The average Bonchev–Trinajstić information content (AvgIpc) is 3.48. The molecule has 0 aliphatic heterocycles. The highest BCUT2D eigenvalue weighted by Crippen LogP contribution is 2.16.